The van der Waals surface area contributed by atoms with Gasteiger partial charge in [0.15, 0.2) is 0 Å². The van der Waals surface area contributed by atoms with Crippen LogP contribution in [-0.2, 0) is 16.0 Å². The highest BCUT2D eigenvalue weighted by Gasteiger charge is 1.94. The lowest BCUT2D eigenvalue weighted by atomic mass is 10.2. The molecule has 0 fully saturated rings. The van der Waals surface area contributed by atoms with Crippen LogP contribution in [0, 0.1) is 5.82 Å². The third kappa shape index (κ3) is 7.05. The summed E-state index contributed by atoms with van der Waals surface area (Å²) in [5, 5.41) is 3.24. The Morgan fingerprint density at radius 3 is 2.88 bits per heavy atom. The molecular weight excluding hydrogens is 221 g/mol. The number of halogens is 1. The van der Waals surface area contributed by atoms with E-state index >= 15 is 0 Å². The fraction of sp³-hybridized carbons (Fsp3) is 0.538. The van der Waals surface area contributed by atoms with E-state index in [4.69, 9.17) is 9.47 Å². The summed E-state index contributed by atoms with van der Waals surface area (Å²) in [7, 11) is 1.66. The average molecular weight is 241 g/mol. The molecule has 0 aliphatic rings. The molecule has 0 spiro atoms. The van der Waals surface area contributed by atoms with Gasteiger partial charge in [-0.3, -0.25) is 0 Å². The lowest BCUT2D eigenvalue weighted by Gasteiger charge is -2.06. The Kier molecular flexibility index (Phi) is 7.54. The van der Waals surface area contributed by atoms with Crippen LogP contribution in [0.2, 0.25) is 0 Å². The Bertz CT molecular complexity index is 307. The van der Waals surface area contributed by atoms with Gasteiger partial charge in [0, 0.05) is 20.3 Å². The van der Waals surface area contributed by atoms with Crippen LogP contribution in [0.25, 0.3) is 0 Å². The minimum Gasteiger partial charge on any atom is -0.382 e. The zero-order valence-electron chi connectivity index (χ0n) is 10.2. The van der Waals surface area contributed by atoms with E-state index in [1.165, 1.54) is 6.07 Å². The highest BCUT2D eigenvalue weighted by atomic mass is 19.1. The third-order valence-electron chi connectivity index (χ3n) is 2.29. The Labute approximate surface area is 102 Å². The van der Waals surface area contributed by atoms with Crippen LogP contribution in [0.4, 0.5) is 4.39 Å². The zero-order valence-corrected chi connectivity index (χ0v) is 10.2. The molecule has 1 aromatic carbocycles. The van der Waals surface area contributed by atoms with E-state index < -0.39 is 0 Å². The van der Waals surface area contributed by atoms with Crippen LogP contribution >= 0.6 is 0 Å². The standard InChI is InChI=1S/C13H20FNO2/c1-16-8-9-17-7-3-6-15-11-12-4-2-5-13(14)10-12/h2,4-5,10,15H,3,6-9,11H2,1H3. The molecule has 0 amide bonds. The van der Waals surface area contributed by atoms with Crippen LogP contribution in [0.3, 0.4) is 0 Å². The number of methoxy groups -OCH3 is 1. The Balaban J connectivity index is 1.97. The van der Waals surface area contributed by atoms with Crippen molar-refractivity contribution in [2.75, 3.05) is 33.5 Å². The van der Waals surface area contributed by atoms with Gasteiger partial charge in [0.05, 0.1) is 13.2 Å². The van der Waals surface area contributed by atoms with Crippen molar-refractivity contribution in [1.82, 2.24) is 5.32 Å². The van der Waals surface area contributed by atoms with Crippen LogP contribution in [0.5, 0.6) is 0 Å². The SMILES string of the molecule is COCCOCCCNCc1cccc(F)c1. The zero-order chi connectivity index (χ0) is 12.3. The lowest BCUT2D eigenvalue weighted by Crippen LogP contribution is -2.17. The smallest absolute Gasteiger partial charge is 0.123 e. The Morgan fingerprint density at radius 1 is 1.24 bits per heavy atom. The maximum Gasteiger partial charge on any atom is 0.123 e. The predicted octanol–water partition coefficient (Wildman–Crippen LogP) is 1.97. The van der Waals surface area contributed by atoms with E-state index in [1.807, 2.05) is 6.07 Å². The van der Waals surface area contributed by atoms with E-state index in [1.54, 1.807) is 19.2 Å². The van der Waals surface area contributed by atoms with E-state index in [0.29, 0.717) is 19.8 Å². The monoisotopic (exact) mass is 241 g/mol. The molecule has 0 radical (unpaired) electrons. The predicted molar refractivity (Wildman–Crippen MR) is 65.4 cm³/mol. The molecule has 3 nitrogen and oxygen atoms in total. The van der Waals surface area contributed by atoms with Crippen molar-refractivity contribution >= 4 is 0 Å². The number of hydrogen-bond donors (Lipinski definition) is 1. The first-order valence-electron chi connectivity index (χ1n) is 5.85. The molecule has 1 rings (SSSR count). The van der Waals surface area contributed by atoms with Gasteiger partial charge in [-0.05, 0) is 30.7 Å². The maximum atomic E-state index is 12.9. The second kappa shape index (κ2) is 9.10. The largest absolute Gasteiger partial charge is 0.382 e. The topological polar surface area (TPSA) is 30.5 Å². The highest BCUT2D eigenvalue weighted by Crippen LogP contribution is 2.02. The minimum absolute atomic E-state index is 0.188. The van der Waals surface area contributed by atoms with E-state index in [0.717, 1.165) is 25.1 Å². The number of rotatable bonds is 9. The summed E-state index contributed by atoms with van der Waals surface area (Å²) >= 11 is 0. The lowest BCUT2D eigenvalue weighted by molar-refractivity contribution is 0.0695. The third-order valence-corrected chi connectivity index (χ3v) is 2.29. The first-order valence-corrected chi connectivity index (χ1v) is 5.85. The highest BCUT2D eigenvalue weighted by molar-refractivity contribution is 5.15. The van der Waals surface area contributed by atoms with Crippen molar-refractivity contribution in [1.29, 1.82) is 0 Å². The second-order valence-electron chi connectivity index (χ2n) is 3.77. The molecule has 1 N–H and O–H groups in total. The molecule has 0 aliphatic heterocycles. The molecule has 17 heavy (non-hydrogen) atoms. The molecule has 0 unspecified atom stereocenters. The van der Waals surface area contributed by atoms with Gasteiger partial charge >= 0.3 is 0 Å². The summed E-state index contributed by atoms with van der Waals surface area (Å²) in [4.78, 5) is 0. The molecule has 0 saturated heterocycles. The van der Waals surface area contributed by atoms with Crippen LogP contribution in [0.15, 0.2) is 24.3 Å². The van der Waals surface area contributed by atoms with Crippen molar-refractivity contribution in [3.8, 4) is 0 Å². The van der Waals surface area contributed by atoms with Crippen molar-refractivity contribution < 1.29 is 13.9 Å². The fourth-order valence-electron chi connectivity index (χ4n) is 1.42. The molecule has 0 bridgehead atoms. The van der Waals surface area contributed by atoms with Gasteiger partial charge in [-0.1, -0.05) is 12.1 Å². The molecular formula is C13H20FNO2. The Hall–Kier alpha value is -0.970. The van der Waals surface area contributed by atoms with E-state index in [-0.39, 0.29) is 5.82 Å². The normalized spacial score (nSPS) is 10.7. The van der Waals surface area contributed by atoms with Crippen molar-refractivity contribution in [2.45, 2.75) is 13.0 Å². The van der Waals surface area contributed by atoms with Crippen LogP contribution < -0.4 is 5.32 Å². The summed E-state index contributed by atoms with van der Waals surface area (Å²) in [6, 6.07) is 6.63. The van der Waals surface area contributed by atoms with Gasteiger partial charge < -0.3 is 14.8 Å². The molecule has 0 atom stereocenters. The van der Waals surface area contributed by atoms with Gasteiger partial charge in [0.2, 0.25) is 0 Å². The molecule has 96 valence electrons. The molecule has 0 heterocycles. The van der Waals surface area contributed by atoms with Crippen LogP contribution in [0.1, 0.15) is 12.0 Å². The quantitative estimate of drug-likeness (QED) is 0.670. The van der Waals surface area contributed by atoms with Gasteiger partial charge in [0.25, 0.3) is 0 Å². The number of hydrogen-bond acceptors (Lipinski definition) is 3. The van der Waals surface area contributed by atoms with Crippen molar-refractivity contribution in [3.63, 3.8) is 0 Å². The summed E-state index contributed by atoms with van der Waals surface area (Å²) in [6.07, 6.45) is 0.943. The first kappa shape index (κ1) is 14.1. The number of nitrogens with one attached hydrogen (secondary N) is 1. The number of ether oxygens (including phenoxy) is 2. The van der Waals surface area contributed by atoms with E-state index in [9.17, 15) is 4.39 Å². The number of benzene rings is 1. The maximum absolute atomic E-state index is 12.9. The molecule has 0 aromatic heterocycles. The summed E-state index contributed by atoms with van der Waals surface area (Å²) in [6.45, 7) is 3.55. The van der Waals surface area contributed by atoms with Gasteiger partial charge in [-0.15, -0.1) is 0 Å². The summed E-state index contributed by atoms with van der Waals surface area (Å²) in [5.74, 6) is -0.188. The molecule has 0 aliphatic carbocycles. The fourth-order valence-corrected chi connectivity index (χ4v) is 1.42. The van der Waals surface area contributed by atoms with Crippen molar-refractivity contribution in [2.24, 2.45) is 0 Å². The summed E-state index contributed by atoms with van der Waals surface area (Å²) < 4.78 is 23.0. The van der Waals surface area contributed by atoms with E-state index in [2.05, 4.69) is 5.32 Å². The van der Waals surface area contributed by atoms with Gasteiger partial charge in [-0.2, -0.15) is 0 Å². The molecule has 4 heteroatoms. The van der Waals surface area contributed by atoms with Gasteiger partial charge in [-0.25, -0.2) is 4.39 Å². The van der Waals surface area contributed by atoms with Gasteiger partial charge in [0.1, 0.15) is 5.82 Å². The first-order chi connectivity index (χ1) is 8.33. The summed E-state index contributed by atoms with van der Waals surface area (Å²) in [5.41, 5.74) is 0.963. The van der Waals surface area contributed by atoms with Crippen molar-refractivity contribution in [3.05, 3.63) is 35.6 Å². The molecule has 0 saturated carbocycles. The minimum atomic E-state index is -0.188. The van der Waals surface area contributed by atoms with Crippen LogP contribution in [-0.4, -0.2) is 33.5 Å². The average Bonchev–Trinajstić information content (AvgIpc) is 2.33. The second-order valence-corrected chi connectivity index (χ2v) is 3.77. The Morgan fingerprint density at radius 2 is 2.12 bits per heavy atom. The molecule has 1 aromatic rings.